The molecular weight excluding hydrogens is 394 g/mol. The summed E-state index contributed by atoms with van der Waals surface area (Å²) >= 11 is 1.67. The number of carbonyl (C=O) groups excluding carboxylic acids is 2. The van der Waals surface area contributed by atoms with Gasteiger partial charge in [-0.25, -0.2) is 0 Å². The van der Waals surface area contributed by atoms with Gasteiger partial charge in [0.05, 0.1) is 16.8 Å². The Morgan fingerprint density at radius 3 is 1.90 bits per heavy atom. The van der Waals surface area contributed by atoms with E-state index in [2.05, 4.69) is 0 Å². The fourth-order valence-corrected chi connectivity index (χ4v) is 7.74. The van der Waals surface area contributed by atoms with Gasteiger partial charge in [0.25, 0.3) is 5.91 Å². The summed E-state index contributed by atoms with van der Waals surface area (Å²) in [6.07, 6.45) is 6.72. The van der Waals surface area contributed by atoms with Gasteiger partial charge in [-0.1, -0.05) is 36.0 Å². The molecule has 0 saturated heterocycles. The summed E-state index contributed by atoms with van der Waals surface area (Å²) in [6.45, 7) is -0.200. The molecule has 4 saturated carbocycles. The Kier molecular flexibility index (Phi) is 4.24. The molecule has 0 N–H and O–H groups in total. The fraction of sp³-hybridized carbons (Fsp3) is 0.440. The SMILES string of the molecule is O=C(COC(=O)C12CC3CC(CC(C3)C1)C2)N1c2ccccc2Sc2ccccc21. The molecule has 1 heterocycles. The number of carbonyl (C=O) groups is 2. The van der Waals surface area contributed by atoms with Crippen LogP contribution in [-0.2, 0) is 14.3 Å². The smallest absolute Gasteiger partial charge is 0.312 e. The van der Waals surface area contributed by atoms with Gasteiger partial charge in [-0.2, -0.15) is 0 Å². The number of ether oxygens (including phenoxy) is 1. The molecular formula is C25H25NO3S. The van der Waals surface area contributed by atoms with Gasteiger partial charge in [-0.3, -0.25) is 14.5 Å². The molecule has 154 valence electrons. The maximum absolute atomic E-state index is 13.3. The Labute approximate surface area is 181 Å². The summed E-state index contributed by atoms with van der Waals surface area (Å²) in [5.41, 5.74) is 1.39. The molecule has 4 fully saturated rings. The first-order chi connectivity index (χ1) is 14.6. The highest BCUT2D eigenvalue weighted by molar-refractivity contribution is 7.99. The van der Waals surface area contributed by atoms with Gasteiger partial charge in [0.1, 0.15) is 0 Å². The van der Waals surface area contributed by atoms with Crippen molar-refractivity contribution in [3.05, 3.63) is 48.5 Å². The van der Waals surface area contributed by atoms with E-state index >= 15 is 0 Å². The average Bonchev–Trinajstić information content (AvgIpc) is 2.74. The lowest BCUT2D eigenvalue weighted by Gasteiger charge is -2.55. The standard InChI is InChI=1S/C25H25NO3S/c27-23(15-29-24(28)25-12-16-9-17(13-25)11-18(10-16)14-25)26-19-5-1-3-7-21(19)30-22-8-4-2-6-20(22)26/h1-8,16-18H,9-15H2. The molecule has 4 aliphatic carbocycles. The summed E-state index contributed by atoms with van der Waals surface area (Å²) < 4.78 is 5.74. The molecule has 5 aliphatic rings. The average molecular weight is 420 g/mol. The second kappa shape index (κ2) is 6.88. The summed E-state index contributed by atoms with van der Waals surface area (Å²) in [5.74, 6) is 1.71. The van der Waals surface area contributed by atoms with E-state index < -0.39 is 0 Å². The molecule has 4 nitrogen and oxygen atoms in total. The van der Waals surface area contributed by atoms with Gasteiger partial charge in [0.2, 0.25) is 0 Å². The second-order valence-corrected chi connectivity index (χ2v) is 10.6. The van der Waals surface area contributed by atoms with E-state index in [-0.39, 0.29) is 23.9 Å². The first-order valence-electron chi connectivity index (χ1n) is 11.0. The minimum Gasteiger partial charge on any atom is -0.455 e. The predicted molar refractivity (Wildman–Crippen MR) is 116 cm³/mol. The summed E-state index contributed by atoms with van der Waals surface area (Å²) in [5, 5.41) is 0. The van der Waals surface area contributed by atoms with Gasteiger partial charge in [0.15, 0.2) is 6.61 Å². The van der Waals surface area contributed by atoms with Crippen LogP contribution >= 0.6 is 11.8 Å². The van der Waals surface area contributed by atoms with E-state index in [0.717, 1.165) is 40.4 Å². The third-order valence-electron chi connectivity index (χ3n) is 7.48. The van der Waals surface area contributed by atoms with Crippen molar-refractivity contribution in [2.24, 2.45) is 23.2 Å². The number of hydrogen-bond donors (Lipinski definition) is 0. The first kappa shape index (κ1) is 18.5. The number of para-hydroxylation sites is 2. The molecule has 5 heteroatoms. The summed E-state index contributed by atoms with van der Waals surface area (Å²) in [6, 6.07) is 15.8. The zero-order chi connectivity index (χ0) is 20.3. The minimum absolute atomic E-state index is 0.136. The Balaban J connectivity index is 1.23. The molecule has 0 spiro atoms. The van der Waals surface area contributed by atoms with Crippen LogP contribution in [0.1, 0.15) is 38.5 Å². The molecule has 4 bridgehead atoms. The van der Waals surface area contributed by atoms with E-state index in [1.54, 1.807) is 16.7 Å². The molecule has 0 atom stereocenters. The van der Waals surface area contributed by atoms with Crippen LogP contribution in [0.3, 0.4) is 0 Å². The Bertz CT molecular complexity index is 952. The molecule has 1 aliphatic heterocycles. The predicted octanol–water partition coefficient (Wildman–Crippen LogP) is 5.58. The van der Waals surface area contributed by atoms with Gasteiger partial charge in [-0.05, 0) is 80.5 Å². The lowest BCUT2D eigenvalue weighted by atomic mass is 9.49. The molecule has 2 aromatic rings. The maximum atomic E-state index is 13.3. The highest BCUT2D eigenvalue weighted by atomic mass is 32.2. The second-order valence-electron chi connectivity index (χ2n) is 9.54. The highest BCUT2D eigenvalue weighted by Gasteiger charge is 2.55. The highest BCUT2D eigenvalue weighted by Crippen LogP contribution is 2.60. The number of fused-ring (bicyclic) bond motifs is 2. The molecule has 1 amide bonds. The third-order valence-corrected chi connectivity index (χ3v) is 8.61. The Morgan fingerprint density at radius 2 is 1.37 bits per heavy atom. The number of anilines is 2. The largest absolute Gasteiger partial charge is 0.455 e. The maximum Gasteiger partial charge on any atom is 0.312 e. The van der Waals surface area contributed by atoms with Crippen LogP contribution in [0.4, 0.5) is 11.4 Å². The van der Waals surface area contributed by atoms with Crippen molar-refractivity contribution in [3.8, 4) is 0 Å². The van der Waals surface area contributed by atoms with Crippen LogP contribution in [0.25, 0.3) is 0 Å². The van der Waals surface area contributed by atoms with Crippen molar-refractivity contribution in [2.45, 2.75) is 48.3 Å². The van der Waals surface area contributed by atoms with Gasteiger partial charge in [-0.15, -0.1) is 0 Å². The monoisotopic (exact) mass is 419 g/mol. The van der Waals surface area contributed by atoms with Crippen molar-refractivity contribution < 1.29 is 14.3 Å². The van der Waals surface area contributed by atoms with Crippen LogP contribution in [0, 0.1) is 23.2 Å². The van der Waals surface area contributed by atoms with Crippen molar-refractivity contribution in [2.75, 3.05) is 11.5 Å². The van der Waals surface area contributed by atoms with Crippen LogP contribution < -0.4 is 4.90 Å². The topological polar surface area (TPSA) is 46.6 Å². The zero-order valence-electron chi connectivity index (χ0n) is 16.9. The molecule has 2 aromatic carbocycles. The van der Waals surface area contributed by atoms with Crippen LogP contribution in [0.2, 0.25) is 0 Å². The lowest BCUT2D eigenvalue weighted by Crippen LogP contribution is -2.51. The van der Waals surface area contributed by atoms with Gasteiger partial charge < -0.3 is 4.74 Å². The number of rotatable bonds is 3. The van der Waals surface area contributed by atoms with Crippen molar-refractivity contribution in [1.29, 1.82) is 0 Å². The van der Waals surface area contributed by atoms with Crippen LogP contribution in [-0.4, -0.2) is 18.5 Å². The normalized spacial score (nSPS) is 30.5. The Morgan fingerprint density at radius 1 is 0.867 bits per heavy atom. The van der Waals surface area contributed by atoms with Crippen LogP contribution in [0.15, 0.2) is 58.3 Å². The van der Waals surface area contributed by atoms with Gasteiger partial charge >= 0.3 is 5.97 Å². The number of amides is 1. The number of hydrogen-bond acceptors (Lipinski definition) is 4. The summed E-state index contributed by atoms with van der Waals surface area (Å²) in [4.78, 5) is 30.3. The van der Waals surface area contributed by atoms with Crippen molar-refractivity contribution >= 4 is 35.0 Å². The zero-order valence-corrected chi connectivity index (χ0v) is 17.7. The van der Waals surface area contributed by atoms with E-state index in [1.165, 1.54) is 19.3 Å². The quantitative estimate of drug-likeness (QED) is 0.610. The summed E-state index contributed by atoms with van der Waals surface area (Å²) in [7, 11) is 0. The van der Waals surface area contributed by atoms with E-state index in [4.69, 9.17) is 4.74 Å². The molecule has 0 unspecified atom stereocenters. The molecule has 0 radical (unpaired) electrons. The number of esters is 1. The fourth-order valence-electron chi connectivity index (χ4n) is 6.68. The van der Waals surface area contributed by atoms with E-state index in [1.807, 2.05) is 48.5 Å². The Hall–Kier alpha value is -2.27. The molecule has 30 heavy (non-hydrogen) atoms. The van der Waals surface area contributed by atoms with E-state index in [0.29, 0.717) is 17.8 Å². The third kappa shape index (κ3) is 2.89. The number of benzene rings is 2. The van der Waals surface area contributed by atoms with Crippen molar-refractivity contribution in [3.63, 3.8) is 0 Å². The lowest BCUT2D eigenvalue weighted by molar-refractivity contribution is -0.172. The van der Waals surface area contributed by atoms with Gasteiger partial charge in [0, 0.05) is 9.79 Å². The van der Waals surface area contributed by atoms with Crippen molar-refractivity contribution in [1.82, 2.24) is 0 Å². The molecule has 0 aromatic heterocycles. The first-order valence-corrected chi connectivity index (χ1v) is 11.8. The minimum atomic E-state index is -0.331. The molecule has 7 rings (SSSR count). The van der Waals surface area contributed by atoms with Crippen LogP contribution in [0.5, 0.6) is 0 Å². The number of nitrogens with zero attached hydrogens (tertiary/aromatic N) is 1. The van der Waals surface area contributed by atoms with E-state index in [9.17, 15) is 9.59 Å².